The van der Waals surface area contributed by atoms with Gasteiger partial charge in [0.05, 0.1) is 51.3 Å². The Hall–Kier alpha value is -3.84. The van der Waals surface area contributed by atoms with Crippen LogP contribution in [0.15, 0.2) is 91.0 Å². The number of carbonyl (C=O) groups excluding carboxylic acids is 2. The van der Waals surface area contributed by atoms with E-state index in [1.54, 1.807) is 0 Å². The summed E-state index contributed by atoms with van der Waals surface area (Å²) >= 11 is 0. The molecule has 0 amide bonds. The van der Waals surface area contributed by atoms with Gasteiger partial charge in [-0.2, -0.15) is 0 Å². The molecule has 0 saturated carbocycles. The quantitative estimate of drug-likeness (QED) is 0.101. The molecule has 0 spiro atoms. The van der Waals surface area contributed by atoms with Crippen molar-refractivity contribution in [3.63, 3.8) is 0 Å². The predicted octanol–water partition coefficient (Wildman–Crippen LogP) is 8.55. The van der Waals surface area contributed by atoms with E-state index in [9.17, 15) is 14.7 Å². The fourth-order valence-corrected chi connectivity index (χ4v) is 10.6. The molecule has 15 heteroatoms. The first-order valence-corrected chi connectivity index (χ1v) is 26.2. The molecule has 7 rings (SSSR count). The van der Waals surface area contributed by atoms with Gasteiger partial charge < -0.3 is 61.9 Å². The van der Waals surface area contributed by atoms with Gasteiger partial charge in [0, 0.05) is 31.6 Å². The highest BCUT2D eigenvalue weighted by Crippen LogP contribution is 2.41. The minimum absolute atomic E-state index is 0.0233. The van der Waals surface area contributed by atoms with Crippen molar-refractivity contribution < 1.29 is 71.5 Å². The lowest BCUT2D eigenvalue weighted by Gasteiger charge is -2.51. The lowest BCUT2D eigenvalue weighted by Crippen LogP contribution is -2.65. The van der Waals surface area contributed by atoms with Gasteiger partial charge in [-0.3, -0.25) is 9.59 Å². The Morgan fingerprint density at radius 3 is 1.40 bits per heavy atom. The fourth-order valence-electron chi connectivity index (χ4n) is 10.6. The van der Waals surface area contributed by atoms with E-state index in [1.165, 1.54) is 13.8 Å². The first-order chi connectivity index (χ1) is 34.7. The standard InChI is InChI=1S/C57H80O15/c1-11-44-33(3)35(5)50(65-39(9)58)55(67-44)64-32-46-48(60)52(72-56-51(66-40(10)59)36(6)34(4)45(12-2)68-56)53(62-29-42-24-18-14-19-25-42)57(69-46)71-49-37(7)38(8)54(63-30-43-26-20-15-21-27-43)70-47(49)31-61-28-41-22-16-13-17-23-41/h13-27,33-38,44-57,60H,11-12,28-32H2,1-10H3/t33-,34+,35-,36?,37+,38?,44?,45?,46?,47?,48+,49-,50?,51-,52-,53?,54+,55-,56-,57-/m0/s1. The zero-order valence-electron chi connectivity index (χ0n) is 43.8. The smallest absolute Gasteiger partial charge is 0.303 e. The van der Waals surface area contributed by atoms with Gasteiger partial charge in [0.2, 0.25) is 0 Å². The Morgan fingerprint density at radius 2 is 0.875 bits per heavy atom. The number of carbonyl (C=O) groups is 2. The highest BCUT2D eigenvalue weighted by Gasteiger charge is 2.55. The van der Waals surface area contributed by atoms with E-state index in [0.29, 0.717) is 26.1 Å². The topological polar surface area (TPSA) is 165 Å². The molecular weight excluding hydrogens is 925 g/mol. The van der Waals surface area contributed by atoms with Crippen molar-refractivity contribution in [1.82, 2.24) is 0 Å². The van der Waals surface area contributed by atoms with Crippen LogP contribution in [0.1, 0.15) is 98.8 Å². The Bertz CT molecular complexity index is 2080. The number of aliphatic hydroxyl groups excluding tert-OH is 1. The van der Waals surface area contributed by atoms with Gasteiger partial charge in [0.15, 0.2) is 37.4 Å². The monoisotopic (exact) mass is 1000 g/mol. The summed E-state index contributed by atoms with van der Waals surface area (Å²) in [4.78, 5) is 25.2. The molecule has 72 heavy (non-hydrogen) atoms. The van der Waals surface area contributed by atoms with Crippen molar-refractivity contribution in [3.8, 4) is 0 Å². The van der Waals surface area contributed by atoms with Crippen molar-refractivity contribution in [2.24, 2.45) is 35.5 Å². The highest BCUT2D eigenvalue weighted by atomic mass is 16.8. The Labute approximate surface area is 426 Å². The Balaban J connectivity index is 1.25. The molecule has 3 aromatic rings. The molecule has 398 valence electrons. The van der Waals surface area contributed by atoms with E-state index in [0.717, 1.165) is 16.7 Å². The van der Waals surface area contributed by atoms with Crippen molar-refractivity contribution in [1.29, 1.82) is 0 Å². The van der Waals surface area contributed by atoms with Gasteiger partial charge >= 0.3 is 11.9 Å². The molecule has 3 aromatic carbocycles. The molecule has 0 aliphatic carbocycles. The van der Waals surface area contributed by atoms with Crippen molar-refractivity contribution in [2.75, 3.05) is 13.2 Å². The van der Waals surface area contributed by atoms with Gasteiger partial charge in [-0.05, 0) is 47.3 Å². The summed E-state index contributed by atoms with van der Waals surface area (Å²) in [6, 6.07) is 29.5. The van der Waals surface area contributed by atoms with Gasteiger partial charge in [-0.25, -0.2) is 0 Å². The third-order valence-electron chi connectivity index (χ3n) is 15.4. The van der Waals surface area contributed by atoms with Crippen LogP contribution in [0.25, 0.3) is 0 Å². The van der Waals surface area contributed by atoms with Crippen molar-refractivity contribution in [3.05, 3.63) is 108 Å². The summed E-state index contributed by atoms with van der Waals surface area (Å²) < 4.78 is 79.3. The number of rotatable bonds is 21. The van der Waals surface area contributed by atoms with Gasteiger partial charge in [0.25, 0.3) is 0 Å². The Morgan fingerprint density at radius 1 is 0.444 bits per heavy atom. The predicted molar refractivity (Wildman–Crippen MR) is 265 cm³/mol. The normalized spacial score (nSPS) is 37.2. The van der Waals surface area contributed by atoms with E-state index in [-0.39, 0.29) is 67.5 Å². The first kappa shape index (κ1) is 55.9. The number of aliphatic hydroxyl groups is 1. The van der Waals surface area contributed by atoms with E-state index in [4.69, 9.17) is 56.8 Å². The molecule has 4 aliphatic heterocycles. The molecule has 1 N–H and O–H groups in total. The lowest BCUT2D eigenvalue weighted by atomic mass is 9.82. The van der Waals surface area contributed by atoms with Gasteiger partial charge in [-0.15, -0.1) is 0 Å². The third-order valence-corrected chi connectivity index (χ3v) is 15.4. The van der Waals surface area contributed by atoms with Crippen LogP contribution in [0.4, 0.5) is 0 Å². The third kappa shape index (κ3) is 14.1. The van der Waals surface area contributed by atoms with Crippen LogP contribution in [0, 0.1) is 35.5 Å². The average Bonchev–Trinajstić information content (AvgIpc) is 3.38. The number of benzene rings is 3. The largest absolute Gasteiger partial charge is 0.457 e. The van der Waals surface area contributed by atoms with E-state index in [1.807, 2.05) is 119 Å². The molecule has 4 fully saturated rings. The second kappa shape index (κ2) is 26.6. The molecule has 0 aromatic heterocycles. The number of ether oxygens (including phenoxy) is 12. The molecule has 20 atom stereocenters. The van der Waals surface area contributed by atoms with Crippen molar-refractivity contribution >= 4 is 11.9 Å². The summed E-state index contributed by atoms with van der Waals surface area (Å²) in [5.41, 5.74) is 2.88. The van der Waals surface area contributed by atoms with Crippen molar-refractivity contribution in [2.45, 2.75) is 188 Å². The number of hydrogen-bond acceptors (Lipinski definition) is 15. The van der Waals surface area contributed by atoms with Crippen LogP contribution in [0.5, 0.6) is 0 Å². The van der Waals surface area contributed by atoms with Gasteiger partial charge in [0.1, 0.15) is 30.5 Å². The summed E-state index contributed by atoms with van der Waals surface area (Å²) in [5, 5.41) is 12.7. The first-order valence-electron chi connectivity index (χ1n) is 26.2. The number of esters is 2. The minimum atomic E-state index is -1.42. The zero-order valence-corrected chi connectivity index (χ0v) is 43.8. The van der Waals surface area contributed by atoms with Crippen LogP contribution in [0.3, 0.4) is 0 Å². The second-order valence-corrected chi connectivity index (χ2v) is 20.4. The number of hydrogen-bond donors (Lipinski definition) is 1. The molecule has 4 heterocycles. The minimum Gasteiger partial charge on any atom is -0.457 e. The van der Waals surface area contributed by atoms with Crippen LogP contribution in [0.2, 0.25) is 0 Å². The summed E-state index contributed by atoms with van der Waals surface area (Å²) in [6.07, 6.45) is -10.6. The molecule has 0 radical (unpaired) electrons. The van der Waals surface area contributed by atoms with Crippen LogP contribution >= 0.6 is 0 Å². The van der Waals surface area contributed by atoms with E-state index >= 15 is 0 Å². The van der Waals surface area contributed by atoms with Gasteiger partial charge in [-0.1, -0.05) is 146 Å². The van der Waals surface area contributed by atoms with Crippen LogP contribution in [-0.2, 0) is 86.3 Å². The van der Waals surface area contributed by atoms with E-state index in [2.05, 4.69) is 27.7 Å². The maximum absolute atomic E-state index is 12.7. The van der Waals surface area contributed by atoms with Crippen LogP contribution in [-0.4, -0.2) is 116 Å². The molecule has 15 nitrogen and oxygen atoms in total. The lowest BCUT2D eigenvalue weighted by molar-refractivity contribution is -0.381. The molecule has 4 saturated heterocycles. The zero-order chi connectivity index (χ0) is 51.5. The van der Waals surface area contributed by atoms with Crippen LogP contribution < -0.4 is 0 Å². The van der Waals surface area contributed by atoms with E-state index < -0.39 is 85.9 Å². The summed E-state index contributed by atoms with van der Waals surface area (Å²) in [7, 11) is 0. The molecule has 0 bridgehead atoms. The molecular formula is C57H80O15. The maximum atomic E-state index is 12.7. The Kier molecular flexibility index (Phi) is 20.6. The highest BCUT2D eigenvalue weighted by molar-refractivity contribution is 5.66. The SMILES string of the molecule is CCC1O[C@@H](O[C@@H]2C(OCc3ccccc3)[C@H](O[C@@H]3C(COCc4ccccc4)O[C@@H](OCc4ccccc4)C(C)[C@H]3C)OC(CO[C@H]3OC(CC)[C@@H](C)[C@H](C)C3OC(C)=O)[C@H]2O)[C@@H](OC(C)=O)C(C)[C@H]1C. The average molecular weight is 1010 g/mol. The fraction of sp³-hybridized carbons (Fsp3) is 0.649. The maximum Gasteiger partial charge on any atom is 0.303 e. The molecule has 4 aliphatic rings. The molecule has 8 unspecified atom stereocenters. The summed E-state index contributed by atoms with van der Waals surface area (Å²) in [6.45, 7) is 19.9. The second-order valence-electron chi connectivity index (χ2n) is 20.4. The summed E-state index contributed by atoms with van der Waals surface area (Å²) in [5.74, 6) is -1.49.